The Morgan fingerprint density at radius 2 is 1.95 bits per heavy atom. The zero-order valence-electron chi connectivity index (χ0n) is 12.5. The summed E-state index contributed by atoms with van der Waals surface area (Å²) in [6, 6.07) is 8.33. The Kier molecular flexibility index (Phi) is 5.94. The zero-order chi connectivity index (χ0) is 14.7. The van der Waals surface area contributed by atoms with Gasteiger partial charge < -0.3 is 10.2 Å². The molecule has 1 aliphatic heterocycles. The maximum atomic E-state index is 12.2. The monoisotopic (exact) mass is 337 g/mol. The fourth-order valence-corrected chi connectivity index (χ4v) is 3.22. The number of nitrogens with zero attached hydrogens (tertiary/aromatic N) is 2. The predicted octanol–water partition coefficient (Wildman–Crippen LogP) is 2.51. The average molecular weight is 338 g/mol. The lowest BCUT2D eigenvalue weighted by atomic mass is 10.2. The van der Waals surface area contributed by atoms with Crippen molar-refractivity contribution in [2.45, 2.75) is 13.3 Å². The van der Waals surface area contributed by atoms with E-state index >= 15 is 0 Å². The normalized spacial score (nSPS) is 14.5. The molecule has 0 atom stereocenters. The largest absolute Gasteiger partial charge is 0.340 e. The van der Waals surface area contributed by atoms with Gasteiger partial charge in [-0.25, -0.2) is 4.98 Å². The van der Waals surface area contributed by atoms with E-state index in [-0.39, 0.29) is 18.3 Å². The third-order valence-corrected chi connectivity index (χ3v) is 4.59. The number of rotatable bonds is 3. The van der Waals surface area contributed by atoms with Crippen LogP contribution >= 0.6 is 23.7 Å². The minimum absolute atomic E-state index is 0. The number of hydrogen-bond acceptors (Lipinski definition) is 4. The number of hydrogen-bond donors (Lipinski definition) is 1. The Morgan fingerprint density at radius 3 is 2.64 bits per heavy atom. The van der Waals surface area contributed by atoms with E-state index in [1.54, 1.807) is 11.3 Å². The molecule has 0 bridgehead atoms. The smallest absolute Gasteiger partial charge is 0.228 e. The lowest BCUT2D eigenvalue weighted by molar-refractivity contribution is -0.131. The summed E-state index contributed by atoms with van der Waals surface area (Å²) in [6.07, 6.45) is 0.405. The van der Waals surface area contributed by atoms with Crippen molar-refractivity contribution in [3.8, 4) is 10.6 Å². The zero-order valence-corrected chi connectivity index (χ0v) is 14.2. The molecule has 3 rings (SSSR count). The second-order valence-corrected chi connectivity index (χ2v) is 6.18. The van der Waals surface area contributed by atoms with Crippen LogP contribution in [0, 0.1) is 6.92 Å². The first kappa shape index (κ1) is 16.9. The van der Waals surface area contributed by atoms with Gasteiger partial charge in [-0.2, -0.15) is 0 Å². The van der Waals surface area contributed by atoms with Crippen molar-refractivity contribution in [3.63, 3.8) is 0 Å². The molecule has 2 heterocycles. The van der Waals surface area contributed by atoms with E-state index in [1.807, 2.05) is 10.3 Å². The van der Waals surface area contributed by atoms with Gasteiger partial charge in [-0.1, -0.05) is 29.8 Å². The highest BCUT2D eigenvalue weighted by atomic mass is 35.5. The summed E-state index contributed by atoms with van der Waals surface area (Å²) >= 11 is 1.60. The number of halogens is 1. The molecule has 1 aliphatic rings. The predicted molar refractivity (Wildman–Crippen MR) is 92.7 cm³/mol. The van der Waals surface area contributed by atoms with Crippen LogP contribution in [0.5, 0.6) is 0 Å². The molecule has 1 fully saturated rings. The molecule has 22 heavy (non-hydrogen) atoms. The minimum atomic E-state index is 0. The number of aromatic nitrogens is 1. The van der Waals surface area contributed by atoms with Crippen LogP contribution in [0.25, 0.3) is 10.6 Å². The third-order valence-electron chi connectivity index (χ3n) is 3.65. The Hall–Kier alpha value is -1.43. The van der Waals surface area contributed by atoms with Crippen molar-refractivity contribution in [2.75, 3.05) is 26.2 Å². The van der Waals surface area contributed by atoms with Gasteiger partial charge >= 0.3 is 0 Å². The number of nitrogens with one attached hydrogen (secondary N) is 1. The van der Waals surface area contributed by atoms with Gasteiger partial charge in [0.05, 0.1) is 12.1 Å². The van der Waals surface area contributed by atoms with E-state index in [2.05, 4.69) is 41.5 Å². The van der Waals surface area contributed by atoms with Crippen molar-refractivity contribution in [3.05, 3.63) is 40.9 Å². The third kappa shape index (κ3) is 4.06. The summed E-state index contributed by atoms with van der Waals surface area (Å²) in [5, 5.41) is 6.24. The van der Waals surface area contributed by atoms with Crippen LogP contribution in [0.2, 0.25) is 0 Å². The number of carbonyl (C=O) groups excluding carboxylic acids is 1. The van der Waals surface area contributed by atoms with Crippen molar-refractivity contribution in [2.24, 2.45) is 0 Å². The molecule has 4 nitrogen and oxygen atoms in total. The van der Waals surface area contributed by atoms with Crippen molar-refractivity contribution >= 4 is 29.7 Å². The van der Waals surface area contributed by atoms with E-state index in [1.165, 1.54) is 5.56 Å². The van der Waals surface area contributed by atoms with Crippen LogP contribution in [0.1, 0.15) is 11.3 Å². The fourth-order valence-electron chi connectivity index (χ4n) is 2.40. The highest BCUT2D eigenvalue weighted by Gasteiger charge is 2.17. The molecule has 0 aliphatic carbocycles. The number of thiazole rings is 1. The second kappa shape index (κ2) is 7.72. The van der Waals surface area contributed by atoms with Gasteiger partial charge in [0.25, 0.3) is 0 Å². The summed E-state index contributed by atoms with van der Waals surface area (Å²) < 4.78 is 0. The molecule has 1 N–H and O–H groups in total. The topological polar surface area (TPSA) is 45.2 Å². The molecule has 0 saturated carbocycles. The highest BCUT2D eigenvalue weighted by Crippen LogP contribution is 2.24. The first-order valence-electron chi connectivity index (χ1n) is 7.22. The van der Waals surface area contributed by atoms with Crippen molar-refractivity contribution in [1.82, 2.24) is 15.2 Å². The van der Waals surface area contributed by atoms with E-state index in [4.69, 9.17) is 0 Å². The van der Waals surface area contributed by atoms with Gasteiger partial charge in [-0.15, -0.1) is 23.7 Å². The Bertz CT molecular complexity index is 621. The van der Waals surface area contributed by atoms with E-state index in [0.717, 1.165) is 42.4 Å². The Labute approximate surface area is 141 Å². The van der Waals surface area contributed by atoms with Crippen LogP contribution in [0.4, 0.5) is 0 Å². The molecular weight excluding hydrogens is 318 g/mol. The molecule has 0 radical (unpaired) electrons. The van der Waals surface area contributed by atoms with Crippen molar-refractivity contribution < 1.29 is 4.79 Å². The molecule has 6 heteroatoms. The van der Waals surface area contributed by atoms with Gasteiger partial charge in [0.15, 0.2) is 0 Å². The highest BCUT2D eigenvalue weighted by molar-refractivity contribution is 7.13. The number of carbonyl (C=O) groups is 1. The number of piperazine rings is 1. The summed E-state index contributed by atoms with van der Waals surface area (Å²) in [6.45, 7) is 5.44. The lowest BCUT2D eigenvalue weighted by Crippen LogP contribution is -2.46. The van der Waals surface area contributed by atoms with Gasteiger partial charge in [0.1, 0.15) is 5.01 Å². The molecule has 2 aromatic rings. The van der Waals surface area contributed by atoms with Crippen LogP contribution < -0.4 is 5.32 Å². The molecular formula is C16H20ClN3OS. The van der Waals surface area contributed by atoms with Crippen LogP contribution in [-0.4, -0.2) is 42.0 Å². The molecule has 0 unspecified atom stereocenters. The average Bonchev–Trinajstić information content (AvgIpc) is 2.97. The van der Waals surface area contributed by atoms with Gasteiger partial charge in [-0.3, -0.25) is 4.79 Å². The maximum absolute atomic E-state index is 12.2. The first-order chi connectivity index (χ1) is 10.2. The Balaban J connectivity index is 0.00000176. The maximum Gasteiger partial charge on any atom is 0.228 e. The van der Waals surface area contributed by atoms with Crippen LogP contribution in [-0.2, 0) is 11.2 Å². The van der Waals surface area contributed by atoms with E-state index in [9.17, 15) is 4.79 Å². The summed E-state index contributed by atoms with van der Waals surface area (Å²) in [7, 11) is 0. The lowest BCUT2D eigenvalue weighted by Gasteiger charge is -2.27. The van der Waals surface area contributed by atoms with E-state index < -0.39 is 0 Å². The molecule has 1 amide bonds. The van der Waals surface area contributed by atoms with Crippen LogP contribution in [0.15, 0.2) is 29.6 Å². The standard InChI is InChI=1S/C16H19N3OS.ClH/c1-12-2-4-13(5-3-12)16-18-14(11-21-16)10-15(20)19-8-6-17-7-9-19;/h2-5,11,17H,6-10H2,1H3;1H. The molecule has 118 valence electrons. The van der Waals surface area contributed by atoms with Crippen molar-refractivity contribution in [1.29, 1.82) is 0 Å². The summed E-state index contributed by atoms with van der Waals surface area (Å²) in [5.74, 6) is 0.178. The van der Waals surface area contributed by atoms with Crippen LogP contribution in [0.3, 0.4) is 0 Å². The first-order valence-corrected chi connectivity index (χ1v) is 8.10. The fraction of sp³-hybridized carbons (Fsp3) is 0.375. The molecule has 1 saturated heterocycles. The minimum Gasteiger partial charge on any atom is -0.340 e. The molecule has 0 spiro atoms. The Morgan fingerprint density at radius 1 is 1.27 bits per heavy atom. The number of benzene rings is 1. The van der Waals surface area contributed by atoms with Gasteiger partial charge in [-0.05, 0) is 6.92 Å². The second-order valence-electron chi connectivity index (χ2n) is 5.32. The quantitative estimate of drug-likeness (QED) is 0.936. The SMILES string of the molecule is Cc1ccc(-c2nc(CC(=O)N3CCNCC3)cs2)cc1.Cl. The molecule has 1 aromatic carbocycles. The van der Waals surface area contributed by atoms with Gasteiger partial charge in [0, 0.05) is 37.1 Å². The molecule has 1 aromatic heterocycles. The number of amides is 1. The summed E-state index contributed by atoms with van der Waals surface area (Å²) in [5.41, 5.74) is 3.23. The van der Waals surface area contributed by atoms with Gasteiger partial charge in [0.2, 0.25) is 5.91 Å². The number of aryl methyl sites for hydroxylation is 1. The van der Waals surface area contributed by atoms with E-state index in [0.29, 0.717) is 6.42 Å². The summed E-state index contributed by atoms with van der Waals surface area (Å²) in [4.78, 5) is 18.7.